The molecule has 0 saturated heterocycles. The van der Waals surface area contributed by atoms with Crippen LogP contribution in [0.2, 0.25) is 0 Å². The zero-order valence-corrected chi connectivity index (χ0v) is 58.6. The van der Waals surface area contributed by atoms with Gasteiger partial charge < -0.3 is 42.1 Å². The molecule has 17 heteroatoms. The van der Waals surface area contributed by atoms with Crippen LogP contribution in [0.1, 0.15) is 78.6 Å². The molecule has 0 unspecified atom stereocenters. The molecule has 8 aromatic carbocycles. The van der Waals surface area contributed by atoms with Crippen molar-refractivity contribution in [3.8, 4) is 22.7 Å². The van der Waals surface area contributed by atoms with Gasteiger partial charge in [-0.25, -0.2) is 9.18 Å². The van der Waals surface area contributed by atoms with Crippen LogP contribution in [0.15, 0.2) is 305 Å². The summed E-state index contributed by atoms with van der Waals surface area (Å²) in [5, 5.41) is 0. The molecule has 8 heterocycles. The average Bonchev–Trinajstić information content (AvgIpc) is 1.64. The molecule has 0 saturated carbocycles. The van der Waals surface area contributed by atoms with Crippen LogP contribution in [0.3, 0.4) is 0 Å². The molecule has 4 aliphatic rings. The second kappa shape index (κ2) is 31.4. The van der Waals surface area contributed by atoms with Gasteiger partial charge in [-0.05, 0) is 145 Å². The van der Waals surface area contributed by atoms with Crippen molar-refractivity contribution >= 4 is 108 Å². The molecule has 0 atom stereocenters. The lowest BCUT2D eigenvalue weighted by molar-refractivity contribution is -0.137. The number of esters is 2. The number of thioether (sulfide) groups is 4. The Morgan fingerprint density at radius 3 is 1.02 bits per heavy atom. The van der Waals surface area contributed by atoms with Crippen LogP contribution in [-0.4, -0.2) is 61.9 Å². The summed E-state index contributed by atoms with van der Waals surface area (Å²) in [6, 6.07) is 85.7. The van der Waals surface area contributed by atoms with E-state index in [9.17, 15) is 18.8 Å². The summed E-state index contributed by atoms with van der Waals surface area (Å²) in [6.45, 7) is 6.04. The van der Waals surface area contributed by atoms with Gasteiger partial charge in [0.05, 0.1) is 71.8 Å². The second-order valence-electron chi connectivity index (χ2n) is 23.1. The normalized spacial score (nSPS) is 13.0. The van der Waals surface area contributed by atoms with Gasteiger partial charge in [-0.1, -0.05) is 206 Å². The summed E-state index contributed by atoms with van der Waals surface area (Å²) in [4.78, 5) is 46.2. The number of nitrogens with zero attached hydrogens (tertiary/aromatic N) is 5. The van der Waals surface area contributed by atoms with E-state index in [0.29, 0.717) is 30.3 Å². The zero-order valence-electron chi connectivity index (χ0n) is 55.4. The second-order valence-corrected chi connectivity index (χ2v) is 27.3. The van der Waals surface area contributed by atoms with Crippen molar-refractivity contribution in [2.75, 3.05) is 20.7 Å². The number of carbonyl (C=O) groups excluding carboxylic acids is 3. The molecule has 0 radical (unpaired) electrons. The minimum absolute atomic E-state index is 0.199. The molecule has 0 N–H and O–H groups in total. The fourth-order valence-corrected chi connectivity index (χ4v) is 16.1. The predicted molar refractivity (Wildman–Crippen MR) is 404 cm³/mol. The molecule has 4 aromatic heterocycles. The van der Waals surface area contributed by atoms with Crippen LogP contribution in [0.5, 0.6) is 0 Å². The largest absolute Gasteiger partial charge is 0.490 e. The monoisotopic (exact) mass is 1390 g/mol. The van der Waals surface area contributed by atoms with Crippen LogP contribution < -0.4 is 0 Å². The number of fused-ring (bicyclic) bond motifs is 12. The molecule has 0 fully saturated rings. The van der Waals surface area contributed by atoms with Gasteiger partial charge >= 0.3 is 18.0 Å². The number of hydrogen-bond acceptors (Lipinski definition) is 11. The van der Waals surface area contributed by atoms with E-state index in [1.165, 1.54) is 51.9 Å². The van der Waals surface area contributed by atoms with Crippen LogP contribution in [0.4, 0.5) is 9.18 Å². The van der Waals surface area contributed by atoms with Crippen molar-refractivity contribution in [3.05, 3.63) is 336 Å². The van der Waals surface area contributed by atoms with Crippen molar-refractivity contribution in [2.45, 2.75) is 53.2 Å². The molecule has 12 nitrogen and oxygen atoms in total. The third kappa shape index (κ3) is 14.8. The Labute approximate surface area is 597 Å². The van der Waals surface area contributed by atoms with Gasteiger partial charge in [-0.3, -0.25) is 9.59 Å². The van der Waals surface area contributed by atoms with Crippen molar-refractivity contribution in [1.82, 2.24) is 23.2 Å². The Hall–Kier alpha value is -10.8. The number of halogens is 1. The summed E-state index contributed by atoms with van der Waals surface area (Å²) < 4.78 is 45.1. The van der Waals surface area contributed by atoms with E-state index in [1.807, 2.05) is 177 Å². The van der Waals surface area contributed by atoms with E-state index >= 15 is 0 Å². The highest BCUT2D eigenvalue weighted by atomic mass is 32.2. The molecule has 0 aliphatic carbocycles. The molecule has 12 aromatic rings. The Morgan fingerprint density at radius 1 is 0.370 bits per heavy atom. The smallest absolute Gasteiger partial charge is 0.414 e. The number of benzene rings is 8. The third-order valence-electron chi connectivity index (χ3n) is 16.1. The number of hydrogen-bond donors (Lipinski definition) is 0. The Kier molecular flexibility index (Phi) is 21.2. The number of carbonyl (C=O) groups is 3. The molecule has 498 valence electrons. The highest BCUT2D eigenvalue weighted by Crippen LogP contribution is 2.51. The van der Waals surface area contributed by atoms with E-state index < -0.39 is 12.1 Å². The maximum atomic E-state index is 13.4. The van der Waals surface area contributed by atoms with E-state index in [-0.39, 0.29) is 11.8 Å². The SMILES string of the molecule is CC(=O)OC1=C(c2ccc(F)cc2)Sc2ccccc2-n2cccc21.CCCC(=O)OC1=C(c2ccccc2)Sc2ccccc2-n2cccc21.CCOC1=C(c2ccccc2)Sc2ccccc2-n2cccc21.CN(C)C(=O)OC1=C(c2ccccc2)Sc2ccccc2-n2cccc21. The summed E-state index contributed by atoms with van der Waals surface area (Å²) in [7, 11) is 3.37. The highest BCUT2D eigenvalue weighted by molar-refractivity contribution is 8.09. The van der Waals surface area contributed by atoms with Crippen LogP contribution in [0.25, 0.3) is 65.4 Å². The van der Waals surface area contributed by atoms with Gasteiger partial charge in [-0.15, -0.1) is 0 Å². The summed E-state index contributed by atoms with van der Waals surface area (Å²) in [5.41, 5.74) is 12.0. The van der Waals surface area contributed by atoms with Gasteiger partial charge in [0.1, 0.15) is 5.82 Å². The number of aromatic nitrogens is 4. The van der Waals surface area contributed by atoms with Crippen molar-refractivity contribution < 1.29 is 37.7 Å². The molecule has 4 aliphatic heterocycles. The lowest BCUT2D eigenvalue weighted by Crippen LogP contribution is -2.22. The minimum Gasteiger partial charge on any atom is -0.490 e. The van der Waals surface area contributed by atoms with Gasteiger partial charge in [0.25, 0.3) is 0 Å². The van der Waals surface area contributed by atoms with E-state index in [2.05, 4.69) is 117 Å². The molecule has 1 amide bonds. The maximum Gasteiger partial charge on any atom is 0.414 e. The number of amides is 1. The van der Waals surface area contributed by atoms with Gasteiger partial charge in [0.15, 0.2) is 23.0 Å². The summed E-state index contributed by atoms with van der Waals surface area (Å²) in [5.74, 6) is 1.72. The van der Waals surface area contributed by atoms with Crippen molar-refractivity contribution in [2.24, 2.45) is 0 Å². The van der Waals surface area contributed by atoms with Crippen molar-refractivity contribution in [1.29, 1.82) is 0 Å². The number of ether oxygens (including phenoxy) is 4. The number of para-hydroxylation sites is 4. The molecular formula is C83H68FN5O7S4. The summed E-state index contributed by atoms with van der Waals surface area (Å²) >= 11 is 6.54. The lowest BCUT2D eigenvalue weighted by Gasteiger charge is -2.16. The summed E-state index contributed by atoms with van der Waals surface area (Å²) in [6.07, 6.45) is 8.81. The third-order valence-corrected chi connectivity index (χ3v) is 20.8. The zero-order chi connectivity index (χ0) is 69.1. The first-order valence-electron chi connectivity index (χ1n) is 32.5. The Balaban J connectivity index is 0.000000120. The fraction of sp³-hybridized carbons (Fsp3) is 0.0964. The fourth-order valence-electron chi connectivity index (χ4n) is 11.6. The Morgan fingerprint density at radius 2 is 0.680 bits per heavy atom. The quantitative estimate of drug-likeness (QED) is 0.0912. The highest BCUT2D eigenvalue weighted by Gasteiger charge is 2.30. The first kappa shape index (κ1) is 67.7. The molecule has 0 bridgehead atoms. The Bertz CT molecular complexity index is 5090. The average molecular weight is 1390 g/mol. The first-order chi connectivity index (χ1) is 48.9. The lowest BCUT2D eigenvalue weighted by atomic mass is 10.1. The minimum atomic E-state index is -0.396. The van der Waals surface area contributed by atoms with Crippen LogP contribution in [0, 0.1) is 5.82 Å². The van der Waals surface area contributed by atoms with E-state index in [4.69, 9.17) is 18.9 Å². The van der Waals surface area contributed by atoms with Crippen molar-refractivity contribution in [3.63, 3.8) is 0 Å². The first-order valence-corrected chi connectivity index (χ1v) is 35.8. The van der Waals surface area contributed by atoms with Gasteiger partial charge in [0, 0.05) is 71.8 Å². The van der Waals surface area contributed by atoms with Crippen LogP contribution in [-0.2, 0) is 28.5 Å². The standard InChI is InChI=1S/C22H19NO2S.C21H18N2O2S.C20H14FNO2S.C20H17NOS/c1-2-9-20(24)25-21-18-13-8-15-23(18)17-12-6-7-14-19(17)26-22(21)16-10-4-3-5-11-16;1-22(2)21(24)25-19-17-12-8-14-23(17)16-11-6-7-13-18(16)26-20(19)15-9-4-3-5-10-15;1-13(23)24-19-17-6-4-12-22(17)16-5-2-3-7-18(16)25-20(19)14-8-10-15(21)11-9-14;1-2-22-19-17-12-8-14-21(17)16-11-6-7-13-18(16)23-20(19)15-9-4-3-5-10-15/h3-8,10-15H,2,9H2,1H3;3-14H,1-2H3;2-12H,1H3;3-14H,2H2,1H3. The predicted octanol–water partition coefficient (Wildman–Crippen LogP) is 21.4. The molecule has 100 heavy (non-hydrogen) atoms. The molecule has 0 spiro atoms. The number of rotatable bonds is 11. The maximum absolute atomic E-state index is 13.4. The van der Waals surface area contributed by atoms with Gasteiger partial charge in [-0.2, -0.15) is 0 Å². The van der Waals surface area contributed by atoms with E-state index in [0.717, 1.165) is 103 Å². The topological polar surface area (TPSA) is 111 Å². The van der Waals surface area contributed by atoms with Gasteiger partial charge in [0.2, 0.25) is 0 Å². The molecule has 16 rings (SSSR count). The van der Waals surface area contributed by atoms with E-state index in [1.54, 1.807) is 61.5 Å². The van der Waals surface area contributed by atoms with Crippen LogP contribution >= 0.6 is 47.0 Å². The molecular weight excluding hydrogens is 1330 g/mol.